The van der Waals surface area contributed by atoms with Gasteiger partial charge in [0.1, 0.15) is 11.4 Å². The van der Waals surface area contributed by atoms with Crippen LogP contribution in [0.4, 0.5) is 28.9 Å². The number of benzene rings is 2. The second-order valence-corrected chi connectivity index (χ2v) is 10.5. The summed E-state index contributed by atoms with van der Waals surface area (Å²) in [4.78, 5) is 18.0. The van der Waals surface area contributed by atoms with Crippen LogP contribution in [0.25, 0.3) is 0 Å². The van der Waals surface area contributed by atoms with Crippen molar-refractivity contribution >= 4 is 34.6 Å². The third-order valence-electron chi connectivity index (χ3n) is 7.27. The molecule has 2 fully saturated rings. The molecule has 10 heteroatoms. The Morgan fingerprint density at radius 3 is 2.35 bits per heavy atom. The van der Waals surface area contributed by atoms with Crippen molar-refractivity contribution in [2.45, 2.75) is 70.3 Å². The van der Waals surface area contributed by atoms with E-state index in [1.807, 2.05) is 7.05 Å². The summed E-state index contributed by atoms with van der Waals surface area (Å²) in [5, 5.41) is 9.02. The number of hydrogen-bond acceptors (Lipinski definition) is 4. The second-order valence-electron chi connectivity index (χ2n) is 10.1. The number of nitriles is 1. The number of thiocarbonyl (C=S) groups is 1. The topological polar surface area (TPSA) is 50.6 Å². The molecule has 0 N–H and O–H groups in total. The van der Waals surface area contributed by atoms with Crippen LogP contribution < -0.4 is 9.80 Å². The SMILES string of the molecule is CN(Cc1ccc(N2C(=S)N(c3ccc(C#N)c(C(F)(F)F)c3)C(=O)C2(C)C)cc1F)C1CCCCC1. The van der Waals surface area contributed by atoms with Crippen molar-refractivity contribution in [1.82, 2.24) is 4.90 Å². The lowest BCUT2D eigenvalue weighted by Crippen LogP contribution is -2.44. The average Bonchev–Trinajstić information content (AvgIpc) is 3.03. The molecule has 0 aromatic heterocycles. The fourth-order valence-corrected chi connectivity index (χ4v) is 5.70. The first-order valence-electron chi connectivity index (χ1n) is 12.1. The summed E-state index contributed by atoms with van der Waals surface area (Å²) in [6.07, 6.45) is 0.975. The number of amides is 1. The molecule has 0 radical (unpaired) electrons. The molecule has 2 aliphatic rings. The van der Waals surface area contributed by atoms with E-state index >= 15 is 4.39 Å². The first-order chi connectivity index (χ1) is 17.4. The van der Waals surface area contributed by atoms with Crippen molar-refractivity contribution in [3.63, 3.8) is 0 Å². The number of rotatable bonds is 5. The molecule has 0 unspecified atom stereocenters. The van der Waals surface area contributed by atoms with Gasteiger partial charge >= 0.3 is 6.18 Å². The van der Waals surface area contributed by atoms with Crippen molar-refractivity contribution in [1.29, 1.82) is 5.26 Å². The maximum atomic E-state index is 15.2. The Morgan fingerprint density at radius 1 is 1.11 bits per heavy atom. The Morgan fingerprint density at radius 2 is 1.76 bits per heavy atom. The van der Waals surface area contributed by atoms with Crippen LogP contribution >= 0.6 is 12.2 Å². The fourth-order valence-electron chi connectivity index (χ4n) is 5.18. The van der Waals surface area contributed by atoms with E-state index in [4.69, 9.17) is 17.5 Å². The third-order valence-corrected chi connectivity index (χ3v) is 7.63. The van der Waals surface area contributed by atoms with Crippen LogP contribution in [0.2, 0.25) is 0 Å². The quantitative estimate of drug-likeness (QED) is 0.330. The lowest BCUT2D eigenvalue weighted by molar-refractivity contribution is -0.137. The van der Waals surface area contributed by atoms with E-state index in [1.54, 1.807) is 26.0 Å². The maximum Gasteiger partial charge on any atom is 0.417 e. The number of carbonyl (C=O) groups is 1. The van der Waals surface area contributed by atoms with Gasteiger partial charge in [0, 0.05) is 23.8 Å². The highest BCUT2D eigenvalue weighted by Gasteiger charge is 2.50. The number of halogens is 4. The van der Waals surface area contributed by atoms with Crippen LogP contribution in [0.5, 0.6) is 0 Å². The van der Waals surface area contributed by atoms with Gasteiger partial charge in [0.2, 0.25) is 0 Å². The monoisotopic (exact) mass is 532 g/mol. The van der Waals surface area contributed by atoms with Gasteiger partial charge in [-0.15, -0.1) is 0 Å². The van der Waals surface area contributed by atoms with E-state index in [0.29, 0.717) is 23.8 Å². The average molecular weight is 533 g/mol. The number of alkyl halides is 3. The van der Waals surface area contributed by atoms with E-state index < -0.39 is 34.6 Å². The van der Waals surface area contributed by atoms with Gasteiger partial charge < -0.3 is 4.90 Å². The van der Waals surface area contributed by atoms with Crippen LogP contribution in [-0.4, -0.2) is 34.5 Å². The van der Waals surface area contributed by atoms with Crippen molar-refractivity contribution in [2.24, 2.45) is 0 Å². The minimum atomic E-state index is -4.79. The summed E-state index contributed by atoms with van der Waals surface area (Å²) >= 11 is 5.54. The zero-order valence-electron chi connectivity index (χ0n) is 20.9. The predicted octanol–water partition coefficient (Wildman–Crippen LogP) is 6.40. The van der Waals surface area contributed by atoms with E-state index in [0.717, 1.165) is 29.9 Å². The van der Waals surface area contributed by atoms with Gasteiger partial charge in [0.15, 0.2) is 5.11 Å². The molecule has 37 heavy (non-hydrogen) atoms. The van der Waals surface area contributed by atoms with Crippen LogP contribution in [0.1, 0.15) is 62.6 Å². The van der Waals surface area contributed by atoms with E-state index in [1.165, 1.54) is 42.4 Å². The summed E-state index contributed by atoms with van der Waals surface area (Å²) in [5.41, 5.74) is -2.25. The molecule has 4 rings (SSSR count). The first-order valence-corrected chi connectivity index (χ1v) is 12.6. The van der Waals surface area contributed by atoms with Gasteiger partial charge in [-0.05, 0) is 76.3 Å². The van der Waals surface area contributed by atoms with Crippen LogP contribution in [0.3, 0.4) is 0 Å². The third kappa shape index (κ3) is 5.07. The lowest BCUT2D eigenvalue weighted by atomic mass is 9.94. The van der Waals surface area contributed by atoms with Crippen LogP contribution in [0.15, 0.2) is 36.4 Å². The highest BCUT2D eigenvalue weighted by atomic mass is 32.1. The standard InChI is InChI=1S/C27H28F4N4OS/c1-26(2)24(36)34(20-11-9-17(15-32)22(13-20)27(29,30)31)25(37)35(26)21-12-10-18(23(28)14-21)16-33(3)19-7-5-4-6-8-19/h9-14,19H,4-8,16H2,1-3H3. The molecule has 5 nitrogen and oxygen atoms in total. The molecule has 2 aromatic carbocycles. The molecular formula is C27H28F4N4OS. The van der Waals surface area contributed by atoms with Gasteiger partial charge in [0.25, 0.3) is 5.91 Å². The van der Waals surface area contributed by atoms with Gasteiger partial charge in [0.05, 0.1) is 22.9 Å². The van der Waals surface area contributed by atoms with Gasteiger partial charge in [-0.2, -0.15) is 18.4 Å². The molecule has 1 saturated carbocycles. The normalized spacial score (nSPS) is 18.6. The zero-order chi connectivity index (χ0) is 27.1. The van der Waals surface area contributed by atoms with Crippen molar-refractivity contribution in [2.75, 3.05) is 16.8 Å². The van der Waals surface area contributed by atoms with Crippen molar-refractivity contribution in [3.05, 3.63) is 58.9 Å². The molecule has 1 aliphatic carbocycles. The van der Waals surface area contributed by atoms with Crippen molar-refractivity contribution in [3.8, 4) is 6.07 Å². The summed E-state index contributed by atoms with van der Waals surface area (Å²) in [5.74, 6) is -1.00. The Hall–Kier alpha value is -3.03. The number of carbonyl (C=O) groups excluding carboxylic acids is 1. The fraction of sp³-hybridized carbons (Fsp3) is 0.444. The molecule has 0 atom stereocenters. The summed E-state index contributed by atoms with van der Waals surface area (Å²) in [6.45, 7) is 3.61. The predicted molar refractivity (Wildman–Crippen MR) is 138 cm³/mol. The van der Waals surface area contributed by atoms with E-state index in [9.17, 15) is 18.0 Å². The smallest absolute Gasteiger partial charge is 0.303 e. The Labute approximate surface area is 219 Å². The maximum absolute atomic E-state index is 15.2. The zero-order valence-corrected chi connectivity index (χ0v) is 21.7. The van der Waals surface area contributed by atoms with Crippen molar-refractivity contribution < 1.29 is 22.4 Å². The number of nitrogens with zero attached hydrogens (tertiary/aromatic N) is 4. The Balaban J connectivity index is 1.63. The molecule has 196 valence electrons. The lowest BCUT2D eigenvalue weighted by Gasteiger charge is -2.32. The van der Waals surface area contributed by atoms with Gasteiger partial charge in [-0.1, -0.05) is 25.3 Å². The molecule has 1 amide bonds. The van der Waals surface area contributed by atoms with E-state index in [2.05, 4.69) is 4.90 Å². The summed E-state index contributed by atoms with van der Waals surface area (Å²) in [7, 11) is 1.99. The van der Waals surface area contributed by atoms with E-state index in [-0.39, 0.29) is 10.8 Å². The molecular weight excluding hydrogens is 504 g/mol. The molecule has 1 heterocycles. The second kappa shape index (κ2) is 10.0. The summed E-state index contributed by atoms with van der Waals surface area (Å²) < 4.78 is 55.9. The number of anilines is 2. The largest absolute Gasteiger partial charge is 0.417 e. The molecule has 2 aromatic rings. The molecule has 1 saturated heterocycles. The highest BCUT2D eigenvalue weighted by Crippen LogP contribution is 2.40. The van der Waals surface area contributed by atoms with Crippen LogP contribution in [-0.2, 0) is 17.5 Å². The van der Waals surface area contributed by atoms with Gasteiger partial charge in [-0.25, -0.2) is 4.39 Å². The number of hydrogen-bond donors (Lipinski definition) is 0. The van der Waals surface area contributed by atoms with Crippen LogP contribution in [0, 0.1) is 17.1 Å². The minimum Gasteiger partial charge on any atom is -0.303 e. The Bertz CT molecular complexity index is 1260. The first kappa shape index (κ1) is 27.0. The highest BCUT2D eigenvalue weighted by molar-refractivity contribution is 7.81. The molecule has 0 bridgehead atoms. The Kier molecular flexibility index (Phi) is 7.32. The minimum absolute atomic E-state index is 0.0701. The molecule has 1 aliphatic heterocycles. The molecule has 0 spiro atoms. The van der Waals surface area contributed by atoms with Gasteiger partial charge in [-0.3, -0.25) is 14.6 Å². The summed E-state index contributed by atoms with van der Waals surface area (Å²) in [6, 6.07) is 9.61.